The van der Waals surface area contributed by atoms with Crippen LogP contribution in [0.4, 0.5) is 5.82 Å². The molecule has 16 heavy (non-hydrogen) atoms. The van der Waals surface area contributed by atoms with Crippen LogP contribution < -0.4 is 5.32 Å². The van der Waals surface area contributed by atoms with E-state index in [1.54, 1.807) is 12.4 Å². The Kier molecular flexibility index (Phi) is 3.12. The van der Waals surface area contributed by atoms with Gasteiger partial charge in [0.25, 0.3) is 5.91 Å². The first-order valence-corrected chi connectivity index (χ1v) is 5.61. The van der Waals surface area contributed by atoms with Crippen LogP contribution in [0.15, 0.2) is 17.9 Å². The van der Waals surface area contributed by atoms with Gasteiger partial charge in [-0.2, -0.15) is 0 Å². The Morgan fingerprint density at radius 1 is 1.44 bits per heavy atom. The zero-order valence-corrected chi connectivity index (χ0v) is 9.84. The lowest BCUT2D eigenvalue weighted by atomic mass is 10.4. The standard InChI is InChI=1S/C9H7ClN4OS/c1-5-8(16-4-13-5)9(15)14-7-2-6(10)11-3-12-7/h2-4H,1H3,(H,11,12,14,15). The van der Waals surface area contributed by atoms with Gasteiger partial charge in [-0.1, -0.05) is 11.6 Å². The van der Waals surface area contributed by atoms with Crippen LogP contribution in [0.2, 0.25) is 5.15 Å². The third-order valence-electron chi connectivity index (χ3n) is 1.83. The van der Waals surface area contributed by atoms with Crippen LogP contribution in [-0.4, -0.2) is 20.9 Å². The summed E-state index contributed by atoms with van der Waals surface area (Å²) >= 11 is 6.95. The van der Waals surface area contributed by atoms with E-state index in [2.05, 4.69) is 20.3 Å². The lowest BCUT2D eigenvalue weighted by Gasteiger charge is -2.02. The van der Waals surface area contributed by atoms with Crippen LogP contribution >= 0.6 is 22.9 Å². The van der Waals surface area contributed by atoms with Gasteiger partial charge in [0.2, 0.25) is 0 Å². The quantitative estimate of drug-likeness (QED) is 0.834. The van der Waals surface area contributed by atoms with E-state index in [-0.39, 0.29) is 11.1 Å². The molecule has 0 aliphatic rings. The molecule has 2 aromatic rings. The van der Waals surface area contributed by atoms with Crippen molar-refractivity contribution in [2.45, 2.75) is 6.92 Å². The second-order valence-corrected chi connectivity index (χ2v) is 4.19. The highest BCUT2D eigenvalue weighted by atomic mass is 35.5. The summed E-state index contributed by atoms with van der Waals surface area (Å²) in [7, 11) is 0. The lowest BCUT2D eigenvalue weighted by Crippen LogP contribution is -2.12. The Morgan fingerprint density at radius 2 is 2.25 bits per heavy atom. The second-order valence-electron chi connectivity index (χ2n) is 2.95. The van der Waals surface area contributed by atoms with Gasteiger partial charge in [0, 0.05) is 6.07 Å². The average molecular weight is 255 g/mol. The van der Waals surface area contributed by atoms with Crippen molar-refractivity contribution in [3.63, 3.8) is 0 Å². The summed E-state index contributed by atoms with van der Waals surface area (Å²) < 4.78 is 0. The van der Waals surface area contributed by atoms with Crippen molar-refractivity contribution in [2.24, 2.45) is 0 Å². The molecule has 0 fully saturated rings. The molecule has 2 aromatic heterocycles. The molecule has 1 N–H and O–H groups in total. The van der Waals surface area contributed by atoms with Crippen LogP contribution in [0.25, 0.3) is 0 Å². The number of anilines is 1. The molecule has 0 bridgehead atoms. The summed E-state index contributed by atoms with van der Waals surface area (Å²) in [6.07, 6.45) is 1.29. The molecular formula is C9H7ClN4OS. The minimum atomic E-state index is -0.241. The minimum Gasteiger partial charge on any atom is -0.306 e. The number of thiazole rings is 1. The SMILES string of the molecule is Cc1ncsc1C(=O)Nc1cc(Cl)ncn1. The number of nitrogens with one attached hydrogen (secondary N) is 1. The number of carbonyl (C=O) groups is 1. The molecule has 0 saturated heterocycles. The molecule has 0 spiro atoms. The van der Waals surface area contributed by atoms with Gasteiger partial charge in [-0.3, -0.25) is 4.79 Å². The van der Waals surface area contributed by atoms with Crippen molar-refractivity contribution in [3.05, 3.63) is 33.6 Å². The first kappa shape index (κ1) is 11.0. The summed E-state index contributed by atoms with van der Waals surface area (Å²) in [5, 5.41) is 2.91. The van der Waals surface area contributed by atoms with Gasteiger partial charge in [0.15, 0.2) is 0 Å². The Balaban J connectivity index is 2.17. The van der Waals surface area contributed by atoms with E-state index in [0.717, 1.165) is 0 Å². The number of hydrogen-bond donors (Lipinski definition) is 1. The van der Waals surface area contributed by atoms with Crippen LogP contribution in [0.5, 0.6) is 0 Å². The number of nitrogens with zero attached hydrogens (tertiary/aromatic N) is 3. The summed E-state index contributed by atoms with van der Waals surface area (Å²) in [5.41, 5.74) is 2.32. The molecule has 7 heteroatoms. The van der Waals surface area contributed by atoms with Crippen molar-refractivity contribution < 1.29 is 4.79 Å². The molecule has 1 amide bonds. The molecule has 0 atom stereocenters. The van der Waals surface area contributed by atoms with Gasteiger partial charge in [0.1, 0.15) is 22.2 Å². The van der Waals surface area contributed by atoms with E-state index in [1.165, 1.54) is 23.7 Å². The van der Waals surface area contributed by atoms with E-state index in [9.17, 15) is 4.79 Å². The van der Waals surface area contributed by atoms with Crippen LogP contribution in [0.3, 0.4) is 0 Å². The third-order valence-corrected chi connectivity index (χ3v) is 2.96. The first-order chi connectivity index (χ1) is 7.66. The van der Waals surface area contributed by atoms with E-state index < -0.39 is 0 Å². The topological polar surface area (TPSA) is 67.8 Å². The van der Waals surface area contributed by atoms with Gasteiger partial charge in [0.05, 0.1) is 11.2 Å². The zero-order valence-electron chi connectivity index (χ0n) is 8.27. The highest BCUT2D eigenvalue weighted by molar-refractivity contribution is 7.12. The minimum absolute atomic E-state index is 0.241. The Bertz CT molecular complexity index is 528. The summed E-state index contributed by atoms with van der Waals surface area (Å²) in [6.45, 7) is 1.78. The maximum Gasteiger partial charge on any atom is 0.268 e. The normalized spacial score (nSPS) is 10.1. The molecular weight excluding hydrogens is 248 g/mol. The van der Waals surface area contributed by atoms with Crippen molar-refractivity contribution in [3.8, 4) is 0 Å². The van der Waals surface area contributed by atoms with Gasteiger partial charge >= 0.3 is 0 Å². The molecule has 2 heterocycles. The lowest BCUT2D eigenvalue weighted by molar-refractivity contribution is 0.102. The van der Waals surface area contributed by atoms with Crippen molar-refractivity contribution in [1.82, 2.24) is 15.0 Å². The molecule has 82 valence electrons. The second kappa shape index (κ2) is 4.54. The number of halogens is 1. The predicted molar refractivity (Wildman–Crippen MR) is 61.8 cm³/mol. The number of aryl methyl sites for hydroxylation is 1. The number of aromatic nitrogens is 3. The molecule has 0 aliphatic heterocycles. The average Bonchev–Trinajstić information content (AvgIpc) is 2.64. The fourth-order valence-electron chi connectivity index (χ4n) is 1.09. The number of carbonyl (C=O) groups excluding carboxylic acids is 1. The molecule has 5 nitrogen and oxygen atoms in total. The fourth-order valence-corrected chi connectivity index (χ4v) is 1.94. The van der Waals surface area contributed by atoms with Crippen LogP contribution in [0.1, 0.15) is 15.4 Å². The molecule has 0 unspecified atom stereocenters. The fraction of sp³-hybridized carbons (Fsp3) is 0.111. The molecule has 2 rings (SSSR count). The van der Waals surface area contributed by atoms with E-state index in [4.69, 9.17) is 11.6 Å². The van der Waals surface area contributed by atoms with Gasteiger partial charge < -0.3 is 5.32 Å². The van der Waals surface area contributed by atoms with Crippen LogP contribution in [0, 0.1) is 6.92 Å². The maximum atomic E-state index is 11.8. The van der Waals surface area contributed by atoms with E-state index >= 15 is 0 Å². The van der Waals surface area contributed by atoms with Gasteiger partial charge in [-0.15, -0.1) is 11.3 Å². The van der Waals surface area contributed by atoms with Gasteiger partial charge in [-0.05, 0) is 6.92 Å². The monoisotopic (exact) mass is 254 g/mol. The highest BCUT2D eigenvalue weighted by Crippen LogP contribution is 2.15. The Hall–Kier alpha value is -1.53. The predicted octanol–water partition coefficient (Wildman–Crippen LogP) is 2.15. The van der Waals surface area contributed by atoms with E-state index in [0.29, 0.717) is 16.4 Å². The molecule has 0 saturated carbocycles. The summed E-state index contributed by atoms with van der Waals surface area (Å²) in [5.74, 6) is 0.132. The zero-order chi connectivity index (χ0) is 11.5. The first-order valence-electron chi connectivity index (χ1n) is 4.36. The molecule has 0 aliphatic carbocycles. The van der Waals surface area contributed by atoms with Crippen molar-refractivity contribution in [1.29, 1.82) is 0 Å². The Labute approximate surface area is 101 Å². The third kappa shape index (κ3) is 2.34. The molecule has 0 aromatic carbocycles. The maximum absolute atomic E-state index is 11.8. The molecule has 0 radical (unpaired) electrons. The smallest absolute Gasteiger partial charge is 0.268 e. The van der Waals surface area contributed by atoms with E-state index in [1.807, 2.05) is 0 Å². The largest absolute Gasteiger partial charge is 0.306 e. The highest BCUT2D eigenvalue weighted by Gasteiger charge is 2.12. The van der Waals surface area contributed by atoms with Crippen LogP contribution in [-0.2, 0) is 0 Å². The summed E-state index contributed by atoms with van der Waals surface area (Å²) in [4.78, 5) is 23.9. The Morgan fingerprint density at radius 3 is 2.88 bits per heavy atom. The number of amides is 1. The van der Waals surface area contributed by atoms with Gasteiger partial charge in [-0.25, -0.2) is 15.0 Å². The summed E-state index contributed by atoms with van der Waals surface area (Å²) in [6, 6.07) is 1.48. The number of rotatable bonds is 2. The number of hydrogen-bond acceptors (Lipinski definition) is 5. The van der Waals surface area contributed by atoms with Crippen molar-refractivity contribution >= 4 is 34.7 Å². The van der Waals surface area contributed by atoms with Crippen molar-refractivity contribution in [2.75, 3.05) is 5.32 Å².